The van der Waals surface area contributed by atoms with Crippen LogP contribution in [0.15, 0.2) is 53.6 Å². The molecule has 142 valence electrons. The second-order valence-corrected chi connectivity index (χ2v) is 8.08. The lowest BCUT2D eigenvalue weighted by atomic mass is 9.95. The van der Waals surface area contributed by atoms with E-state index in [0.29, 0.717) is 18.5 Å². The molecule has 0 radical (unpaired) electrons. The van der Waals surface area contributed by atoms with Crippen molar-refractivity contribution in [2.45, 2.75) is 37.6 Å². The molecule has 0 bridgehead atoms. The Labute approximate surface area is 157 Å². The van der Waals surface area contributed by atoms with Gasteiger partial charge in [0.05, 0.1) is 4.92 Å². The monoisotopic (exact) mass is 387 g/mol. The van der Waals surface area contributed by atoms with Crippen molar-refractivity contribution < 1.29 is 13.3 Å². The van der Waals surface area contributed by atoms with Gasteiger partial charge in [-0.2, -0.15) is 0 Å². The molecule has 8 heteroatoms. The van der Waals surface area contributed by atoms with E-state index in [1.54, 1.807) is 6.07 Å². The second-order valence-electron chi connectivity index (χ2n) is 6.58. The first-order valence-electron chi connectivity index (χ1n) is 8.58. The molecule has 2 N–H and O–H groups in total. The number of hydrogen-bond donors (Lipinski definition) is 1. The van der Waals surface area contributed by atoms with E-state index >= 15 is 0 Å². The molecule has 0 aliphatic carbocycles. The van der Waals surface area contributed by atoms with Crippen molar-refractivity contribution in [3.05, 3.63) is 69.9 Å². The number of nitrogens with two attached hydrogens (primary N) is 1. The molecule has 0 fully saturated rings. The Bertz CT molecular complexity index is 1120. The minimum absolute atomic E-state index is 0.242. The van der Waals surface area contributed by atoms with Crippen molar-refractivity contribution in [2.24, 2.45) is 5.14 Å². The first-order valence-corrected chi connectivity index (χ1v) is 10.1. The van der Waals surface area contributed by atoms with Crippen LogP contribution >= 0.6 is 0 Å². The van der Waals surface area contributed by atoms with Gasteiger partial charge < -0.3 is 4.57 Å². The minimum Gasteiger partial charge on any atom is -0.347 e. The van der Waals surface area contributed by atoms with E-state index in [1.807, 2.05) is 44.3 Å². The highest BCUT2D eigenvalue weighted by Gasteiger charge is 2.29. The molecule has 3 aromatic rings. The molecule has 1 heterocycles. The summed E-state index contributed by atoms with van der Waals surface area (Å²) in [7, 11) is -4.24. The van der Waals surface area contributed by atoms with E-state index in [2.05, 4.69) is 4.57 Å². The smallest absolute Gasteiger partial charge is 0.289 e. The average molecular weight is 387 g/mol. The van der Waals surface area contributed by atoms with Crippen LogP contribution in [0.5, 0.6) is 0 Å². The lowest BCUT2D eigenvalue weighted by Gasteiger charge is -2.19. The molecule has 7 nitrogen and oxygen atoms in total. The Morgan fingerprint density at radius 3 is 2.52 bits per heavy atom. The van der Waals surface area contributed by atoms with Gasteiger partial charge in [-0.3, -0.25) is 10.1 Å². The number of fused-ring (bicyclic) bond motifs is 1. The number of para-hydroxylation sites is 1. The summed E-state index contributed by atoms with van der Waals surface area (Å²) < 4.78 is 26.3. The van der Waals surface area contributed by atoms with Gasteiger partial charge in [0, 0.05) is 35.6 Å². The number of nitro groups is 1. The molecule has 0 aliphatic rings. The third-order valence-electron chi connectivity index (χ3n) is 4.84. The number of nitrogens with zero attached hydrogens (tertiary/aromatic N) is 2. The van der Waals surface area contributed by atoms with Crippen LogP contribution < -0.4 is 5.14 Å². The van der Waals surface area contributed by atoms with Gasteiger partial charge in [-0.15, -0.1) is 0 Å². The number of aromatic nitrogens is 1. The topological polar surface area (TPSA) is 108 Å². The largest absolute Gasteiger partial charge is 0.347 e. The Hall–Kier alpha value is -2.71. The molecule has 0 saturated heterocycles. The lowest BCUT2D eigenvalue weighted by Crippen LogP contribution is -2.19. The summed E-state index contributed by atoms with van der Waals surface area (Å²) in [5.41, 5.74) is 2.05. The van der Waals surface area contributed by atoms with Gasteiger partial charge in [0.15, 0.2) is 4.90 Å². The van der Waals surface area contributed by atoms with Crippen LogP contribution in [0.25, 0.3) is 10.9 Å². The molecule has 0 saturated carbocycles. The van der Waals surface area contributed by atoms with E-state index in [-0.39, 0.29) is 5.92 Å². The van der Waals surface area contributed by atoms with Crippen molar-refractivity contribution in [3.63, 3.8) is 0 Å². The number of sulfonamides is 1. The average Bonchev–Trinajstić information content (AvgIpc) is 2.94. The molecule has 1 aromatic heterocycles. The summed E-state index contributed by atoms with van der Waals surface area (Å²) in [5.74, 6) is -0.242. The Balaban J connectivity index is 2.14. The number of benzene rings is 2. The van der Waals surface area contributed by atoms with Crippen molar-refractivity contribution in [1.29, 1.82) is 0 Å². The van der Waals surface area contributed by atoms with Crippen LogP contribution in [0.4, 0.5) is 5.69 Å². The number of aryl methyl sites for hydroxylation is 1. The predicted octanol–water partition coefficient (Wildman–Crippen LogP) is 3.70. The normalized spacial score (nSPS) is 13.0. The quantitative estimate of drug-likeness (QED) is 0.514. The maximum Gasteiger partial charge on any atom is 0.289 e. The molecular weight excluding hydrogens is 366 g/mol. The molecule has 0 unspecified atom stereocenters. The first-order chi connectivity index (χ1) is 12.7. The Morgan fingerprint density at radius 1 is 1.19 bits per heavy atom. The second kappa shape index (κ2) is 7.13. The van der Waals surface area contributed by atoms with Crippen LogP contribution in [-0.4, -0.2) is 17.9 Å². The van der Waals surface area contributed by atoms with Crippen LogP contribution in [-0.2, 0) is 16.6 Å². The van der Waals surface area contributed by atoms with Gasteiger partial charge in [0.25, 0.3) is 5.69 Å². The standard InChI is InChI=1S/C19H21N3O4S/c1-3-14(12-21-11-13(2)15-7-4-5-9-17(15)21)16-8-6-10-18(22(23)24)19(16)27(20,25)26/h4-11,14H,3,12H2,1-2H3,(H2,20,25,26)/t14-/m1/s1. The number of primary sulfonamides is 1. The molecule has 0 aliphatic heterocycles. The summed E-state index contributed by atoms with van der Waals surface area (Å²) in [6, 6.07) is 12.2. The van der Waals surface area contributed by atoms with Gasteiger partial charge in [-0.05, 0) is 30.5 Å². The summed E-state index contributed by atoms with van der Waals surface area (Å²) in [6.07, 6.45) is 2.62. The molecule has 0 spiro atoms. The van der Waals surface area contributed by atoms with E-state index in [0.717, 1.165) is 16.5 Å². The van der Waals surface area contributed by atoms with E-state index < -0.39 is 25.5 Å². The zero-order valence-corrected chi connectivity index (χ0v) is 15.9. The maximum absolute atomic E-state index is 12.1. The van der Waals surface area contributed by atoms with Gasteiger partial charge in [-0.25, -0.2) is 13.6 Å². The van der Waals surface area contributed by atoms with E-state index in [1.165, 1.54) is 12.1 Å². The predicted molar refractivity (Wildman–Crippen MR) is 104 cm³/mol. The third-order valence-corrected chi connectivity index (χ3v) is 5.86. The highest BCUT2D eigenvalue weighted by Crippen LogP contribution is 2.34. The zero-order valence-electron chi connectivity index (χ0n) is 15.1. The van der Waals surface area contributed by atoms with E-state index in [9.17, 15) is 18.5 Å². The molecule has 1 atom stereocenters. The molecule has 0 amide bonds. The number of rotatable bonds is 6. The number of hydrogen-bond acceptors (Lipinski definition) is 4. The Kier molecular flexibility index (Phi) is 5.03. The van der Waals surface area contributed by atoms with Crippen LogP contribution in [0.3, 0.4) is 0 Å². The Morgan fingerprint density at radius 2 is 1.89 bits per heavy atom. The van der Waals surface area contributed by atoms with Gasteiger partial charge in [-0.1, -0.05) is 37.3 Å². The third kappa shape index (κ3) is 3.58. The molecular formula is C19H21N3O4S. The van der Waals surface area contributed by atoms with Crippen LogP contribution in [0, 0.1) is 17.0 Å². The lowest BCUT2D eigenvalue weighted by molar-refractivity contribution is -0.387. The molecule has 3 rings (SSSR count). The molecule has 27 heavy (non-hydrogen) atoms. The van der Waals surface area contributed by atoms with Crippen molar-refractivity contribution in [2.75, 3.05) is 0 Å². The zero-order chi connectivity index (χ0) is 19.8. The van der Waals surface area contributed by atoms with Crippen LogP contribution in [0.2, 0.25) is 0 Å². The summed E-state index contributed by atoms with van der Waals surface area (Å²) >= 11 is 0. The van der Waals surface area contributed by atoms with Crippen molar-refractivity contribution in [3.8, 4) is 0 Å². The maximum atomic E-state index is 12.1. The van der Waals surface area contributed by atoms with Gasteiger partial charge >= 0.3 is 0 Å². The fourth-order valence-electron chi connectivity index (χ4n) is 3.58. The highest BCUT2D eigenvalue weighted by molar-refractivity contribution is 7.89. The van der Waals surface area contributed by atoms with Crippen molar-refractivity contribution >= 4 is 26.6 Å². The summed E-state index contributed by atoms with van der Waals surface area (Å²) in [4.78, 5) is 10.3. The van der Waals surface area contributed by atoms with Crippen LogP contribution in [0.1, 0.15) is 30.4 Å². The summed E-state index contributed by atoms with van der Waals surface area (Å²) in [6.45, 7) is 4.44. The molecule has 2 aromatic carbocycles. The van der Waals surface area contributed by atoms with Crippen molar-refractivity contribution in [1.82, 2.24) is 4.57 Å². The first kappa shape index (κ1) is 19.1. The highest BCUT2D eigenvalue weighted by atomic mass is 32.2. The SMILES string of the molecule is CC[C@H](Cn1cc(C)c2ccccc21)c1cccc([N+](=O)[O-])c1S(N)(=O)=O. The van der Waals surface area contributed by atoms with Gasteiger partial charge in [0.2, 0.25) is 10.0 Å². The van der Waals surface area contributed by atoms with E-state index in [4.69, 9.17) is 5.14 Å². The minimum atomic E-state index is -4.24. The van der Waals surface area contributed by atoms with Gasteiger partial charge in [0.1, 0.15) is 0 Å². The fourth-order valence-corrected chi connectivity index (χ4v) is 4.58. The fraction of sp³-hybridized carbons (Fsp3) is 0.263. The number of nitro benzene ring substituents is 1. The summed E-state index contributed by atoms with van der Waals surface area (Å²) in [5, 5.41) is 17.8.